The number of rotatable bonds is 3. The molecule has 1 unspecified atom stereocenters. The van der Waals surface area contributed by atoms with Crippen molar-refractivity contribution in [2.45, 2.75) is 33.4 Å². The lowest BCUT2D eigenvalue weighted by Crippen LogP contribution is -2.20. The molecule has 0 saturated carbocycles. The van der Waals surface area contributed by atoms with Gasteiger partial charge < -0.3 is 5.73 Å². The van der Waals surface area contributed by atoms with Crippen LogP contribution in [0.25, 0.3) is 0 Å². The Morgan fingerprint density at radius 2 is 2.00 bits per heavy atom. The normalized spacial score (nSPS) is 12.7. The quantitative estimate of drug-likeness (QED) is 0.927. The summed E-state index contributed by atoms with van der Waals surface area (Å²) in [5.74, 6) is -1.22. The van der Waals surface area contributed by atoms with E-state index in [1.807, 2.05) is 13.8 Å². The third-order valence-electron chi connectivity index (χ3n) is 3.18. The van der Waals surface area contributed by atoms with E-state index in [1.165, 1.54) is 12.1 Å². The van der Waals surface area contributed by atoms with Crippen LogP contribution in [0.15, 0.2) is 18.2 Å². The Morgan fingerprint density at radius 1 is 1.32 bits per heavy atom. The molecule has 1 aromatic carbocycles. The minimum Gasteiger partial charge on any atom is -0.319 e. The summed E-state index contributed by atoms with van der Waals surface area (Å²) in [5.41, 5.74) is 7.71. The molecule has 0 saturated heterocycles. The zero-order chi connectivity index (χ0) is 14.2. The van der Waals surface area contributed by atoms with Gasteiger partial charge in [-0.2, -0.15) is 5.10 Å². The molecular weight excluding hydrogens is 248 g/mol. The van der Waals surface area contributed by atoms with Crippen LogP contribution in [0, 0.1) is 25.5 Å². The molecule has 0 amide bonds. The van der Waals surface area contributed by atoms with Gasteiger partial charge in [-0.25, -0.2) is 8.78 Å². The number of halogens is 2. The molecule has 0 aliphatic carbocycles. The van der Waals surface area contributed by atoms with Gasteiger partial charge in [0.05, 0.1) is 17.4 Å². The third-order valence-corrected chi connectivity index (χ3v) is 3.18. The number of nitrogens with zero attached hydrogens (tertiary/aromatic N) is 2. The second-order valence-corrected chi connectivity index (χ2v) is 4.60. The van der Waals surface area contributed by atoms with Gasteiger partial charge in [-0.05, 0) is 38.5 Å². The first kappa shape index (κ1) is 13.7. The number of nitrogens with two attached hydrogens (primary N) is 1. The van der Waals surface area contributed by atoms with Crippen LogP contribution < -0.4 is 5.73 Å². The number of hydrogen-bond donors (Lipinski definition) is 1. The van der Waals surface area contributed by atoms with E-state index in [0.29, 0.717) is 17.8 Å². The van der Waals surface area contributed by atoms with Crippen LogP contribution in [0.3, 0.4) is 0 Å². The highest BCUT2D eigenvalue weighted by molar-refractivity contribution is 5.34. The molecule has 2 aromatic rings. The molecule has 19 heavy (non-hydrogen) atoms. The van der Waals surface area contributed by atoms with Crippen LogP contribution in [-0.2, 0) is 6.54 Å². The van der Waals surface area contributed by atoms with E-state index >= 15 is 0 Å². The maximum absolute atomic E-state index is 14.1. The summed E-state index contributed by atoms with van der Waals surface area (Å²) >= 11 is 0. The molecule has 5 heteroatoms. The van der Waals surface area contributed by atoms with Crippen LogP contribution in [0.4, 0.5) is 8.78 Å². The lowest BCUT2D eigenvalue weighted by molar-refractivity contribution is 0.521. The van der Waals surface area contributed by atoms with E-state index in [2.05, 4.69) is 5.10 Å². The van der Waals surface area contributed by atoms with E-state index in [1.54, 1.807) is 17.7 Å². The molecule has 102 valence electrons. The van der Waals surface area contributed by atoms with Crippen LogP contribution in [-0.4, -0.2) is 9.78 Å². The van der Waals surface area contributed by atoms with Crippen molar-refractivity contribution in [1.82, 2.24) is 9.78 Å². The van der Waals surface area contributed by atoms with Crippen molar-refractivity contribution in [3.8, 4) is 0 Å². The Balaban J connectivity index is 2.55. The first-order chi connectivity index (χ1) is 8.95. The molecule has 0 radical (unpaired) electrons. The lowest BCUT2D eigenvalue weighted by atomic mass is 10.0. The van der Waals surface area contributed by atoms with Crippen LogP contribution in [0.2, 0.25) is 0 Å². The second kappa shape index (κ2) is 5.09. The van der Waals surface area contributed by atoms with Gasteiger partial charge in [0.1, 0.15) is 11.6 Å². The van der Waals surface area contributed by atoms with Crippen LogP contribution in [0.5, 0.6) is 0 Å². The predicted octanol–water partition coefficient (Wildman–Crippen LogP) is 2.85. The standard InChI is InChI=1S/C14H17F2N3/c1-4-19-11(7-9(3)18-19)14(17)12-10(15)6-5-8(2)13(12)16/h5-7,14H,4,17H2,1-3H3. The van der Waals surface area contributed by atoms with Crippen molar-refractivity contribution in [1.29, 1.82) is 0 Å². The highest BCUT2D eigenvalue weighted by Crippen LogP contribution is 2.27. The lowest BCUT2D eigenvalue weighted by Gasteiger charge is -2.16. The molecule has 0 fully saturated rings. The fraction of sp³-hybridized carbons (Fsp3) is 0.357. The first-order valence-corrected chi connectivity index (χ1v) is 6.20. The first-order valence-electron chi connectivity index (χ1n) is 6.20. The Kier molecular flexibility index (Phi) is 3.66. The molecule has 1 atom stereocenters. The second-order valence-electron chi connectivity index (χ2n) is 4.60. The Hall–Kier alpha value is -1.75. The smallest absolute Gasteiger partial charge is 0.134 e. The molecule has 2 rings (SSSR count). The molecule has 1 heterocycles. The van der Waals surface area contributed by atoms with Crippen molar-refractivity contribution in [2.75, 3.05) is 0 Å². The van der Waals surface area contributed by atoms with E-state index in [9.17, 15) is 8.78 Å². The van der Waals surface area contributed by atoms with Crippen LogP contribution >= 0.6 is 0 Å². The summed E-state index contributed by atoms with van der Waals surface area (Å²) in [6.07, 6.45) is 0. The fourth-order valence-electron chi connectivity index (χ4n) is 2.18. The number of aromatic nitrogens is 2. The van der Waals surface area contributed by atoms with Gasteiger partial charge in [-0.3, -0.25) is 4.68 Å². The van der Waals surface area contributed by atoms with Gasteiger partial charge in [-0.1, -0.05) is 6.07 Å². The number of aryl methyl sites for hydroxylation is 3. The van der Waals surface area contributed by atoms with E-state index in [-0.39, 0.29) is 5.56 Å². The summed E-state index contributed by atoms with van der Waals surface area (Å²) in [6, 6.07) is 3.55. The Labute approximate surface area is 111 Å². The highest BCUT2D eigenvalue weighted by atomic mass is 19.1. The molecule has 3 nitrogen and oxygen atoms in total. The van der Waals surface area contributed by atoms with Crippen molar-refractivity contribution in [3.05, 3.63) is 52.3 Å². The van der Waals surface area contributed by atoms with Crippen LogP contribution in [0.1, 0.15) is 35.5 Å². The molecule has 0 bridgehead atoms. The minimum atomic E-state index is -0.860. The highest BCUT2D eigenvalue weighted by Gasteiger charge is 2.23. The maximum atomic E-state index is 14.1. The maximum Gasteiger partial charge on any atom is 0.134 e. The van der Waals surface area contributed by atoms with Gasteiger partial charge in [0.2, 0.25) is 0 Å². The molecule has 0 aliphatic heterocycles. The van der Waals surface area contributed by atoms with Crippen molar-refractivity contribution < 1.29 is 8.78 Å². The van der Waals surface area contributed by atoms with Gasteiger partial charge in [0.15, 0.2) is 0 Å². The summed E-state index contributed by atoms with van der Waals surface area (Å²) < 4.78 is 29.6. The molecule has 0 aliphatic rings. The SMILES string of the molecule is CCn1nc(C)cc1C(N)c1c(F)ccc(C)c1F. The monoisotopic (exact) mass is 265 g/mol. The van der Waals surface area contributed by atoms with Gasteiger partial charge >= 0.3 is 0 Å². The molecule has 0 spiro atoms. The minimum absolute atomic E-state index is 0.102. The molecular formula is C14H17F2N3. The Morgan fingerprint density at radius 3 is 2.63 bits per heavy atom. The van der Waals surface area contributed by atoms with Crippen molar-refractivity contribution >= 4 is 0 Å². The Bertz CT molecular complexity index is 605. The summed E-state index contributed by atoms with van der Waals surface area (Å²) in [6.45, 7) is 5.93. The topological polar surface area (TPSA) is 43.8 Å². The number of benzene rings is 1. The number of hydrogen-bond acceptors (Lipinski definition) is 2. The molecule has 2 N–H and O–H groups in total. The van der Waals surface area contributed by atoms with Crippen molar-refractivity contribution in [3.63, 3.8) is 0 Å². The summed E-state index contributed by atoms with van der Waals surface area (Å²) in [5, 5.41) is 4.25. The molecule has 1 aromatic heterocycles. The fourth-order valence-corrected chi connectivity index (χ4v) is 2.18. The summed E-state index contributed by atoms with van der Waals surface area (Å²) in [7, 11) is 0. The third kappa shape index (κ3) is 2.38. The average molecular weight is 265 g/mol. The average Bonchev–Trinajstić information content (AvgIpc) is 2.75. The van der Waals surface area contributed by atoms with Gasteiger partial charge in [-0.15, -0.1) is 0 Å². The van der Waals surface area contributed by atoms with Gasteiger partial charge in [0, 0.05) is 12.1 Å². The zero-order valence-corrected chi connectivity index (χ0v) is 11.2. The van der Waals surface area contributed by atoms with E-state index in [4.69, 9.17) is 5.73 Å². The summed E-state index contributed by atoms with van der Waals surface area (Å²) in [4.78, 5) is 0. The largest absolute Gasteiger partial charge is 0.319 e. The van der Waals surface area contributed by atoms with Crippen molar-refractivity contribution in [2.24, 2.45) is 5.73 Å². The zero-order valence-electron chi connectivity index (χ0n) is 11.2. The van der Waals surface area contributed by atoms with E-state index < -0.39 is 17.7 Å². The van der Waals surface area contributed by atoms with Gasteiger partial charge in [0.25, 0.3) is 0 Å². The van der Waals surface area contributed by atoms with E-state index in [0.717, 1.165) is 5.69 Å². The predicted molar refractivity (Wildman–Crippen MR) is 69.8 cm³/mol.